The molecule has 4 rings (SSSR count). The van der Waals surface area contributed by atoms with Gasteiger partial charge in [0.2, 0.25) is 0 Å². The first-order valence-corrected chi connectivity index (χ1v) is 12.3. The molecule has 0 bridgehead atoms. The number of imide groups is 1. The fourth-order valence-corrected chi connectivity index (χ4v) is 4.48. The molecular weight excluding hydrogens is 500 g/mol. The van der Waals surface area contributed by atoms with Crippen LogP contribution in [0.2, 0.25) is 5.02 Å². The van der Waals surface area contributed by atoms with Crippen LogP contribution in [0.3, 0.4) is 0 Å². The van der Waals surface area contributed by atoms with Gasteiger partial charge in [-0.2, -0.15) is 0 Å². The average molecular weight is 523 g/mol. The van der Waals surface area contributed by atoms with Crippen LogP contribution in [0.4, 0.5) is 10.5 Å². The van der Waals surface area contributed by atoms with Gasteiger partial charge in [0.05, 0.1) is 16.5 Å². The quantitative estimate of drug-likeness (QED) is 0.358. The van der Waals surface area contributed by atoms with E-state index in [2.05, 4.69) is 5.32 Å². The molecule has 0 aromatic heterocycles. The number of amides is 3. The zero-order chi connectivity index (χ0) is 25.5. The van der Waals surface area contributed by atoms with Crippen LogP contribution in [0.5, 0.6) is 11.5 Å². The van der Waals surface area contributed by atoms with Crippen molar-refractivity contribution in [3.8, 4) is 11.5 Å². The lowest BCUT2D eigenvalue weighted by atomic mass is 10.2. The van der Waals surface area contributed by atoms with Gasteiger partial charge in [0.15, 0.2) is 6.61 Å². The minimum atomic E-state index is -0.417. The summed E-state index contributed by atoms with van der Waals surface area (Å²) in [7, 11) is 0. The first-order valence-electron chi connectivity index (χ1n) is 11.1. The summed E-state index contributed by atoms with van der Waals surface area (Å²) in [5.74, 6) is 0.180. The number of hydrogen-bond acceptors (Lipinski definition) is 6. The summed E-state index contributed by atoms with van der Waals surface area (Å²) in [6.07, 6.45) is 1.59. The molecule has 7 nitrogen and oxygen atoms in total. The molecule has 0 spiro atoms. The Kier molecular flexibility index (Phi) is 8.30. The lowest BCUT2D eigenvalue weighted by Crippen LogP contribution is -2.32. The zero-order valence-corrected chi connectivity index (χ0v) is 21.0. The molecule has 1 aliphatic heterocycles. The third kappa shape index (κ3) is 6.47. The van der Waals surface area contributed by atoms with Crippen molar-refractivity contribution in [2.24, 2.45) is 0 Å². The summed E-state index contributed by atoms with van der Waals surface area (Å²) in [6.45, 7) is 1.94. The molecule has 3 amide bonds. The number of rotatable bonds is 9. The number of nitrogens with zero attached hydrogens (tertiary/aromatic N) is 1. The topological polar surface area (TPSA) is 84.9 Å². The van der Waals surface area contributed by atoms with Gasteiger partial charge < -0.3 is 14.8 Å². The molecule has 1 heterocycles. The molecule has 0 aliphatic carbocycles. The molecule has 3 aromatic rings. The Morgan fingerprint density at radius 2 is 1.75 bits per heavy atom. The van der Waals surface area contributed by atoms with Gasteiger partial charge >= 0.3 is 0 Å². The second kappa shape index (κ2) is 11.8. The second-order valence-electron chi connectivity index (χ2n) is 7.86. The van der Waals surface area contributed by atoms with Crippen LogP contribution in [0, 0.1) is 6.92 Å². The molecule has 0 saturated carbocycles. The highest BCUT2D eigenvalue weighted by molar-refractivity contribution is 8.18. The Bertz CT molecular complexity index is 1330. The first-order chi connectivity index (χ1) is 17.4. The normalized spacial score (nSPS) is 14.3. The zero-order valence-electron chi connectivity index (χ0n) is 19.4. The van der Waals surface area contributed by atoms with Crippen LogP contribution >= 0.6 is 23.4 Å². The van der Waals surface area contributed by atoms with Crippen molar-refractivity contribution in [3.63, 3.8) is 0 Å². The van der Waals surface area contributed by atoms with Crippen molar-refractivity contribution in [1.82, 2.24) is 4.90 Å². The van der Waals surface area contributed by atoms with Gasteiger partial charge in [-0.1, -0.05) is 54.1 Å². The van der Waals surface area contributed by atoms with Crippen LogP contribution < -0.4 is 14.8 Å². The third-order valence-electron chi connectivity index (χ3n) is 5.15. The van der Waals surface area contributed by atoms with Gasteiger partial charge in [0.25, 0.3) is 17.1 Å². The van der Waals surface area contributed by atoms with Crippen LogP contribution in [0.25, 0.3) is 6.08 Å². The number of thioether (sulfide) groups is 1. The second-order valence-corrected chi connectivity index (χ2v) is 9.26. The highest BCUT2D eigenvalue weighted by Crippen LogP contribution is 2.34. The van der Waals surface area contributed by atoms with Gasteiger partial charge in [-0.25, -0.2) is 0 Å². The Hall–Kier alpha value is -3.75. The van der Waals surface area contributed by atoms with Gasteiger partial charge in [-0.05, 0) is 60.7 Å². The SMILES string of the molecule is Cc1cccc(NC(=O)COc2ccccc2/C=C2\SC(=O)N(CCOc3ccccc3Cl)C2=O)c1. The number of carbonyl (C=O) groups is 3. The number of ether oxygens (including phenoxy) is 2. The van der Waals surface area contributed by atoms with E-state index in [4.69, 9.17) is 21.1 Å². The lowest BCUT2D eigenvalue weighted by Gasteiger charge is -2.14. The van der Waals surface area contributed by atoms with Crippen LogP contribution in [0.1, 0.15) is 11.1 Å². The number of benzene rings is 3. The minimum absolute atomic E-state index is 0.0878. The maximum absolute atomic E-state index is 12.9. The fourth-order valence-electron chi connectivity index (χ4n) is 3.44. The monoisotopic (exact) mass is 522 g/mol. The van der Waals surface area contributed by atoms with E-state index in [1.54, 1.807) is 60.7 Å². The largest absolute Gasteiger partial charge is 0.490 e. The van der Waals surface area contributed by atoms with E-state index in [-0.39, 0.29) is 35.8 Å². The van der Waals surface area contributed by atoms with E-state index < -0.39 is 5.91 Å². The number of hydrogen-bond donors (Lipinski definition) is 1. The van der Waals surface area contributed by atoms with Crippen LogP contribution in [0.15, 0.2) is 77.7 Å². The standard InChI is InChI=1S/C27H23ClN2O5S/c1-18-7-6-9-20(15-18)29-25(31)17-35-22-11-4-2-8-19(22)16-24-26(32)30(27(33)36-24)13-14-34-23-12-5-3-10-21(23)28/h2-12,15-16H,13-14,17H2,1H3,(H,29,31)/b24-16-. The molecule has 1 N–H and O–H groups in total. The average Bonchev–Trinajstić information content (AvgIpc) is 3.12. The van der Waals surface area contributed by atoms with Gasteiger partial charge in [0, 0.05) is 11.3 Å². The Morgan fingerprint density at radius 3 is 2.53 bits per heavy atom. The summed E-state index contributed by atoms with van der Waals surface area (Å²) in [4.78, 5) is 39.0. The maximum Gasteiger partial charge on any atom is 0.293 e. The summed E-state index contributed by atoms with van der Waals surface area (Å²) >= 11 is 6.92. The third-order valence-corrected chi connectivity index (χ3v) is 6.37. The number of carbonyl (C=O) groups excluding carboxylic acids is 3. The summed E-state index contributed by atoms with van der Waals surface area (Å²) < 4.78 is 11.3. The van der Waals surface area contributed by atoms with E-state index >= 15 is 0 Å². The number of aryl methyl sites for hydroxylation is 1. The molecule has 0 atom stereocenters. The molecule has 3 aromatic carbocycles. The van der Waals surface area contributed by atoms with Crippen molar-refractivity contribution in [2.75, 3.05) is 25.1 Å². The fraction of sp³-hybridized carbons (Fsp3) is 0.148. The summed E-state index contributed by atoms with van der Waals surface area (Å²) in [5.41, 5.74) is 2.30. The lowest BCUT2D eigenvalue weighted by molar-refractivity contribution is -0.123. The number of anilines is 1. The Labute approximate surface area is 218 Å². The van der Waals surface area contributed by atoms with E-state index in [9.17, 15) is 14.4 Å². The van der Waals surface area contributed by atoms with Crippen molar-refractivity contribution < 1.29 is 23.9 Å². The maximum atomic E-state index is 12.9. The minimum Gasteiger partial charge on any atom is -0.490 e. The molecule has 1 fully saturated rings. The van der Waals surface area contributed by atoms with Crippen LogP contribution in [-0.2, 0) is 9.59 Å². The van der Waals surface area contributed by atoms with Gasteiger partial charge in [-0.3, -0.25) is 19.3 Å². The van der Waals surface area contributed by atoms with Crippen molar-refractivity contribution in [1.29, 1.82) is 0 Å². The van der Waals surface area contributed by atoms with E-state index in [1.807, 2.05) is 25.1 Å². The predicted octanol–water partition coefficient (Wildman–Crippen LogP) is 5.78. The molecule has 0 radical (unpaired) electrons. The smallest absolute Gasteiger partial charge is 0.293 e. The Morgan fingerprint density at radius 1 is 1.00 bits per heavy atom. The highest BCUT2D eigenvalue weighted by Gasteiger charge is 2.35. The molecular formula is C27H23ClN2O5S. The molecule has 1 saturated heterocycles. The van der Waals surface area contributed by atoms with Crippen molar-refractivity contribution >= 4 is 52.2 Å². The first kappa shape index (κ1) is 25.3. The van der Waals surface area contributed by atoms with Gasteiger partial charge in [-0.15, -0.1) is 0 Å². The molecule has 36 heavy (non-hydrogen) atoms. The van der Waals surface area contributed by atoms with Crippen LogP contribution in [-0.4, -0.2) is 41.7 Å². The molecule has 0 unspecified atom stereocenters. The number of nitrogens with one attached hydrogen (secondary N) is 1. The molecule has 184 valence electrons. The Balaban J connectivity index is 1.37. The van der Waals surface area contributed by atoms with E-state index in [1.165, 1.54) is 0 Å². The van der Waals surface area contributed by atoms with Crippen molar-refractivity contribution in [2.45, 2.75) is 6.92 Å². The number of halogens is 1. The van der Waals surface area contributed by atoms with Gasteiger partial charge in [0.1, 0.15) is 18.1 Å². The highest BCUT2D eigenvalue weighted by atomic mass is 35.5. The molecule has 9 heteroatoms. The van der Waals surface area contributed by atoms with Crippen molar-refractivity contribution in [3.05, 3.63) is 93.9 Å². The summed E-state index contributed by atoms with van der Waals surface area (Å²) in [5, 5.41) is 2.86. The summed E-state index contributed by atoms with van der Waals surface area (Å²) in [6, 6.07) is 21.5. The predicted molar refractivity (Wildman–Crippen MR) is 141 cm³/mol. The number of para-hydroxylation sites is 2. The molecule has 1 aliphatic rings. The van der Waals surface area contributed by atoms with E-state index in [0.717, 1.165) is 22.2 Å². The van der Waals surface area contributed by atoms with E-state index in [0.29, 0.717) is 27.8 Å².